The number of alkyl halides is 1. The second-order valence-corrected chi connectivity index (χ2v) is 7.55. The predicted molar refractivity (Wildman–Crippen MR) is 116 cm³/mol. The van der Waals surface area contributed by atoms with Crippen LogP contribution < -0.4 is 5.32 Å². The summed E-state index contributed by atoms with van der Waals surface area (Å²) < 4.78 is 23.0. The van der Waals surface area contributed by atoms with Crippen molar-refractivity contribution in [1.82, 2.24) is 15.1 Å². The molecule has 6 nitrogen and oxygen atoms in total. The number of nitrogens with one attached hydrogen (secondary N) is 1. The highest BCUT2D eigenvalue weighted by Gasteiger charge is 2.16. The van der Waals surface area contributed by atoms with Crippen molar-refractivity contribution in [3.8, 4) is 0 Å². The molecule has 29 heavy (non-hydrogen) atoms. The van der Waals surface area contributed by atoms with Crippen LogP contribution in [0.3, 0.4) is 0 Å². The molecule has 0 aromatic rings. The zero-order chi connectivity index (χ0) is 22.5. The molecule has 2 heterocycles. The molecule has 0 spiro atoms. The van der Waals surface area contributed by atoms with Gasteiger partial charge in [-0.1, -0.05) is 0 Å². The summed E-state index contributed by atoms with van der Waals surface area (Å²) >= 11 is 0. The number of esters is 1. The molecule has 2 radical (unpaired) electrons. The number of rotatable bonds is 7. The summed E-state index contributed by atoms with van der Waals surface area (Å²) in [7, 11) is 9.25. The number of hydrogen-bond acceptors (Lipinski definition) is 6. The van der Waals surface area contributed by atoms with Gasteiger partial charge in [0.15, 0.2) is 0 Å². The number of likely N-dealkylation sites (tertiary alicyclic amines) is 2. The first kappa shape index (κ1) is 30.4. The zero-order valence-corrected chi connectivity index (χ0v) is 18.8. The molecule has 9 heteroatoms. The summed E-state index contributed by atoms with van der Waals surface area (Å²) in [5.41, 5.74) is 0. The van der Waals surface area contributed by atoms with E-state index in [-0.39, 0.29) is 5.97 Å². The smallest absolute Gasteiger partial charge is 0.350 e. The van der Waals surface area contributed by atoms with Crippen LogP contribution in [0.15, 0.2) is 0 Å². The van der Waals surface area contributed by atoms with E-state index < -0.39 is 0 Å². The fourth-order valence-corrected chi connectivity index (χ4v) is 3.45. The van der Waals surface area contributed by atoms with Gasteiger partial charge in [0, 0.05) is 6.61 Å². The number of methoxy groups -OCH3 is 1. The van der Waals surface area contributed by atoms with Crippen LogP contribution in [0.4, 0.5) is 8.71 Å². The Bertz CT molecular complexity index is 356. The third-order valence-corrected chi connectivity index (χ3v) is 5.44. The summed E-state index contributed by atoms with van der Waals surface area (Å²) in [6.45, 7) is 6.47. The minimum Gasteiger partial charge on any atom is -0.468 e. The van der Waals surface area contributed by atoms with Crippen molar-refractivity contribution in [2.45, 2.75) is 38.5 Å². The Labute approximate surface area is 177 Å². The molecule has 0 unspecified atom stereocenters. The molecule has 0 amide bonds. The molecule has 2 rings (SSSR count). The van der Waals surface area contributed by atoms with Crippen molar-refractivity contribution in [1.29, 1.82) is 0 Å². The summed E-state index contributed by atoms with van der Waals surface area (Å²) in [5, 5.41) is 11.8. The number of ether oxygens (including phenoxy) is 1. The normalized spacial score (nSPS) is 18.3. The van der Waals surface area contributed by atoms with E-state index in [4.69, 9.17) is 9.42 Å². The van der Waals surface area contributed by atoms with Gasteiger partial charge < -0.3 is 29.3 Å². The van der Waals surface area contributed by atoms with Gasteiger partial charge in [0.25, 0.3) is 0 Å². The standard InChI is InChI=1S/C11H22N2O2.C8H17NO.CH3F.BF/c1-13-7-4-10(5-8-13)3-6-12-9-11(14)15-2;1-9-5-2-8(3-6-9)4-7-10;2*1-2/h10,12H,3-9H2,1-2H3;8,10H,2-7H2,1H3;1H3;. The van der Waals surface area contributed by atoms with Crippen LogP contribution in [0.5, 0.6) is 0 Å². The Morgan fingerprint density at radius 3 is 1.79 bits per heavy atom. The lowest BCUT2D eigenvalue weighted by Gasteiger charge is -2.28. The van der Waals surface area contributed by atoms with E-state index in [1.165, 1.54) is 65.4 Å². The van der Waals surface area contributed by atoms with Gasteiger partial charge in [-0.2, -0.15) is 0 Å². The highest BCUT2D eigenvalue weighted by molar-refractivity contribution is 5.96. The Balaban J connectivity index is 0. The third kappa shape index (κ3) is 17.8. The van der Waals surface area contributed by atoms with E-state index in [0.29, 0.717) is 20.3 Å². The lowest BCUT2D eigenvalue weighted by atomic mass is 9.94. The fourth-order valence-electron chi connectivity index (χ4n) is 3.45. The van der Waals surface area contributed by atoms with E-state index in [9.17, 15) is 9.18 Å². The topological polar surface area (TPSA) is 65.0 Å². The Morgan fingerprint density at radius 2 is 1.41 bits per heavy atom. The zero-order valence-electron chi connectivity index (χ0n) is 18.8. The molecule has 0 bridgehead atoms. The van der Waals surface area contributed by atoms with Gasteiger partial charge in [0.1, 0.15) is 0 Å². The second kappa shape index (κ2) is 21.9. The van der Waals surface area contributed by atoms with Crippen molar-refractivity contribution < 1.29 is 23.3 Å². The number of piperidine rings is 2. The highest BCUT2D eigenvalue weighted by Crippen LogP contribution is 2.19. The second-order valence-electron chi connectivity index (χ2n) is 7.55. The minimum atomic E-state index is -0.182. The van der Waals surface area contributed by atoms with Gasteiger partial charge >= 0.3 is 14.1 Å². The van der Waals surface area contributed by atoms with Crippen LogP contribution in [-0.2, 0) is 9.53 Å². The van der Waals surface area contributed by atoms with Crippen LogP contribution >= 0.6 is 0 Å². The summed E-state index contributed by atoms with van der Waals surface area (Å²) in [6.07, 6.45) is 7.31. The minimum absolute atomic E-state index is 0.182. The monoisotopic (exact) mass is 421 g/mol. The van der Waals surface area contributed by atoms with Gasteiger partial charge in [0.2, 0.25) is 0 Å². The molecule has 0 saturated carbocycles. The summed E-state index contributed by atoms with van der Waals surface area (Å²) in [4.78, 5) is 15.5. The number of carbonyl (C=O) groups is 1. The lowest BCUT2D eigenvalue weighted by Crippen LogP contribution is -2.32. The van der Waals surface area contributed by atoms with E-state index in [1.54, 1.807) is 0 Å². The quantitative estimate of drug-likeness (QED) is 0.372. The molecule has 0 aliphatic carbocycles. The molecule has 2 fully saturated rings. The third-order valence-electron chi connectivity index (χ3n) is 5.44. The largest absolute Gasteiger partial charge is 0.468 e. The first-order valence-electron chi connectivity index (χ1n) is 10.4. The van der Waals surface area contributed by atoms with Crippen LogP contribution in [0, 0.1) is 11.8 Å². The van der Waals surface area contributed by atoms with E-state index in [2.05, 4.69) is 42.1 Å². The average molecular weight is 421 g/mol. The van der Waals surface area contributed by atoms with Crippen molar-refractivity contribution in [2.24, 2.45) is 11.8 Å². The van der Waals surface area contributed by atoms with E-state index >= 15 is 0 Å². The number of hydrogen-bond donors (Lipinski definition) is 2. The van der Waals surface area contributed by atoms with Crippen LogP contribution in [0.1, 0.15) is 38.5 Å². The number of nitrogens with zero attached hydrogens (tertiary/aromatic N) is 2. The van der Waals surface area contributed by atoms with Gasteiger partial charge in [-0.15, -0.1) is 0 Å². The number of halogens is 2. The SMILES string of the molecule is CF.CN1CCC(CCO)CC1.COC(=O)CNCCC1CCN(C)CC1.[B]F. The maximum absolute atomic E-state index is 10.8. The Morgan fingerprint density at radius 1 is 1.00 bits per heavy atom. The van der Waals surface area contributed by atoms with E-state index in [1.807, 2.05) is 0 Å². The Kier molecular flexibility index (Phi) is 23.0. The number of aliphatic hydroxyl groups is 1. The number of carbonyl (C=O) groups excluding carboxylic acids is 1. The molecule has 0 atom stereocenters. The van der Waals surface area contributed by atoms with E-state index in [0.717, 1.165) is 24.8 Å². The maximum atomic E-state index is 10.8. The summed E-state index contributed by atoms with van der Waals surface area (Å²) in [5.74, 6) is 1.44. The molecule has 2 aliphatic heterocycles. The van der Waals surface area contributed by atoms with Crippen LogP contribution in [0.25, 0.3) is 0 Å². The predicted octanol–water partition coefficient (Wildman–Crippen LogP) is 1.82. The summed E-state index contributed by atoms with van der Waals surface area (Å²) in [6, 6.07) is 0. The molecular weight excluding hydrogens is 379 g/mol. The van der Waals surface area contributed by atoms with Gasteiger partial charge in [0.05, 0.1) is 20.8 Å². The maximum Gasteiger partial charge on any atom is 0.350 e. The first-order chi connectivity index (χ1) is 14.0. The lowest BCUT2D eigenvalue weighted by molar-refractivity contribution is -0.139. The van der Waals surface area contributed by atoms with Crippen molar-refractivity contribution in [2.75, 3.05) is 74.3 Å². The molecule has 2 saturated heterocycles. The molecule has 0 aromatic carbocycles. The molecular formula is C20H42BF2N3O3. The van der Waals surface area contributed by atoms with Crippen LogP contribution in [0.2, 0.25) is 0 Å². The molecule has 172 valence electrons. The van der Waals surface area contributed by atoms with Crippen LogP contribution in [-0.4, -0.2) is 103 Å². The fraction of sp³-hybridized carbons (Fsp3) is 0.950. The van der Waals surface area contributed by atoms with Crippen molar-refractivity contribution in [3.63, 3.8) is 0 Å². The van der Waals surface area contributed by atoms with Crippen molar-refractivity contribution in [3.05, 3.63) is 0 Å². The van der Waals surface area contributed by atoms with Gasteiger partial charge in [-0.05, 0) is 97.2 Å². The first-order valence-corrected chi connectivity index (χ1v) is 10.4. The Hall–Kier alpha value is -0.765. The molecule has 2 N–H and O–H groups in total. The van der Waals surface area contributed by atoms with Gasteiger partial charge in [-0.3, -0.25) is 9.18 Å². The molecule has 0 aromatic heterocycles. The molecule has 2 aliphatic rings. The average Bonchev–Trinajstić information content (AvgIpc) is 2.77. The van der Waals surface area contributed by atoms with Crippen molar-refractivity contribution >= 4 is 14.1 Å². The highest BCUT2D eigenvalue weighted by atomic mass is 19.1. The number of aliphatic hydroxyl groups excluding tert-OH is 1. The van der Waals surface area contributed by atoms with Gasteiger partial charge in [-0.25, -0.2) is 0 Å².